The molecule has 2 rings (SSSR count). The molecule has 1 heterocycles. The summed E-state index contributed by atoms with van der Waals surface area (Å²) < 4.78 is 0. The van der Waals surface area contributed by atoms with Gasteiger partial charge in [-0.05, 0) is 38.0 Å². The Bertz CT molecular complexity index is 411. The summed E-state index contributed by atoms with van der Waals surface area (Å²) in [4.78, 5) is 25.6. The predicted molar refractivity (Wildman–Crippen MR) is 97.4 cm³/mol. The van der Waals surface area contributed by atoms with E-state index in [-0.39, 0.29) is 24.7 Å². The second kappa shape index (κ2) is 11.2. The fraction of sp³-hybridized carbons (Fsp3) is 0.889. The van der Waals surface area contributed by atoms with Crippen molar-refractivity contribution < 1.29 is 14.7 Å². The van der Waals surface area contributed by atoms with Crippen molar-refractivity contribution in [2.75, 3.05) is 32.8 Å². The number of rotatable bonds is 8. The lowest BCUT2D eigenvalue weighted by atomic mass is 9.90. The highest BCUT2D eigenvalue weighted by Crippen LogP contribution is 2.26. The van der Waals surface area contributed by atoms with Crippen LogP contribution in [0.5, 0.6) is 0 Å². The van der Waals surface area contributed by atoms with Gasteiger partial charge in [-0.1, -0.05) is 25.7 Å². The van der Waals surface area contributed by atoms with Gasteiger partial charge in [0.15, 0.2) is 0 Å². The standard InChI is InChI=1S/C18H34N4O3/c23-14-9-16(15-7-3-1-2-4-8-15)21-17(24)19-10-5-12-22-13-6-11-20-18(22)25/h15-16,23H,1-14H2,(H,20,25)(H2,19,21,24). The third kappa shape index (κ3) is 7.10. The van der Waals surface area contributed by atoms with Gasteiger partial charge in [0.25, 0.3) is 0 Å². The fourth-order valence-corrected chi connectivity index (χ4v) is 3.86. The SMILES string of the molecule is O=C(NCCCN1CCCNC1=O)NC(CCO)C1CCCCCC1. The Balaban J connectivity index is 1.66. The summed E-state index contributed by atoms with van der Waals surface area (Å²) in [7, 11) is 0. The van der Waals surface area contributed by atoms with E-state index in [1.54, 1.807) is 4.90 Å². The molecule has 0 radical (unpaired) electrons. The van der Waals surface area contributed by atoms with E-state index in [4.69, 9.17) is 0 Å². The molecule has 2 aliphatic rings. The first-order chi connectivity index (χ1) is 12.2. The van der Waals surface area contributed by atoms with E-state index < -0.39 is 0 Å². The summed E-state index contributed by atoms with van der Waals surface area (Å²) in [5, 5.41) is 18.1. The first kappa shape index (κ1) is 19.8. The molecular weight excluding hydrogens is 320 g/mol. The number of hydrogen-bond donors (Lipinski definition) is 4. The molecule has 1 unspecified atom stereocenters. The van der Waals surface area contributed by atoms with Crippen LogP contribution in [0.25, 0.3) is 0 Å². The molecule has 1 saturated heterocycles. The van der Waals surface area contributed by atoms with Crippen LogP contribution in [-0.4, -0.2) is 60.9 Å². The van der Waals surface area contributed by atoms with Crippen molar-refractivity contribution in [3.8, 4) is 0 Å². The van der Waals surface area contributed by atoms with Gasteiger partial charge in [0.2, 0.25) is 0 Å². The van der Waals surface area contributed by atoms with Crippen LogP contribution >= 0.6 is 0 Å². The minimum Gasteiger partial charge on any atom is -0.396 e. The maximum absolute atomic E-state index is 12.2. The maximum atomic E-state index is 12.2. The average Bonchev–Trinajstić information content (AvgIpc) is 2.89. The van der Waals surface area contributed by atoms with Gasteiger partial charge >= 0.3 is 12.1 Å². The summed E-state index contributed by atoms with van der Waals surface area (Å²) in [5.41, 5.74) is 0. The van der Waals surface area contributed by atoms with Crippen molar-refractivity contribution in [3.63, 3.8) is 0 Å². The first-order valence-electron chi connectivity index (χ1n) is 9.88. The van der Waals surface area contributed by atoms with Crippen molar-refractivity contribution in [3.05, 3.63) is 0 Å². The molecule has 144 valence electrons. The molecule has 0 bridgehead atoms. The highest BCUT2D eigenvalue weighted by atomic mass is 16.3. The third-order valence-corrected chi connectivity index (χ3v) is 5.28. The minimum absolute atomic E-state index is 0.00734. The van der Waals surface area contributed by atoms with Crippen LogP contribution in [0.4, 0.5) is 9.59 Å². The van der Waals surface area contributed by atoms with Gasteiger partial charge in [-0.15, -0.1) is 0 Å². The summed E-state index contributed by atoms with van der Waals surface area (Å²) in [6.07, 6.45) is 9.59. The van der Waals surface area contributed by atoms with Crippen molar-refractivity contribution in [1.29, 1.82) is 0 Å². The minimum atomic E-state index is -0.161. The zero-order chi connectivity index (χ0) is 17.9. The number of amides is 4. The molecule has 4 N–H and O–H groups in total. The summed E-state index contributed by atoms with van der Waals surface area (Å²) in [5.74, 6) is 0.470. The molecule has 1 aliphatic heterocycles. The molecule has 0 aromatic heterocycles. The lowest BCUT2D eigenvalue weighted by molar-refractivity contribution is 0.185. The van der Waals surface area contributed by atoms with Crippen molar-refractivity contribution >= 4 is 12.1 Å². The van der Waals surface area contributed by atoms with Crippen LogP contribution in [0, 0.1) is 5.92 Å². The van der Waals surface area contributed by atoms with E-state index in [9.17, 15) is 14.7 Å². The quantitative estimate of drug-likeness (QED) is 0.396. The average molecular weight is 354 g/mol. The van der Waals surface area contributed by atoms with Gasteiger partial charge < -0.3 is 26.0 Å². The van der Waals surface area contributed by atoms with E-state index >= 15 is 0 Å². The molecule has 0 aromatic rings. The molecule has 7 heteroatoms. The number of aliphatic hydroxyl groups excluding tert-OH is 1. The summed E-state index contributed by atoms with van der Waals surface area (Å²) >= 11 is 0. The number of aliphatic hydroxyl groups is 1. The molecular formula is C18H34N4O3. The van der Waals surface area contributed by atoms with E-state index in [0.29, 0.717) is 25.4 Å². The molecule has 25 heavy (non-hydrogen) atoms. The number of hydrogen-bond acceptors (Lipinski definition) is 3. The Kier molecular flexibility index (Phi) is 8.86. The van der Waals surface area contributed by atoms with Crippen molar-refractivity contribution in [1.82, 2.24) is 20.9 Å². The number of urea groups is 2. The Morgan fingerprint density at radius 2 is 2.00 bits per heavy atom. The molecule has 1 aliphatic carbocycles. The Morgan fingerprint density at radius 1 is 1.24 bits per heavy atom. The first-order valence-corrected chi connectivity index (χ1v) is 9.88. The fourth-order valence-electron chi connectivity index (χ4n) is 3.86. The molecule has 1 saturated carbocycles. The highest BCUT2D eigenvalue weighted by molar-refractivity contribution is 5.75. The van der Waals surface area contributed by atoms with Crippen LogP contribution in [0.1, 0.15) is 57.8 Å². The lowest BCUT2D eigenvalue weighted by Gasteiger charge is -2.28. The number of nitrogens with zero attached hydrogens (tertiary/aromatic N) is 1. The highest BCUT2D eigenvalue weighted by Gasteiger charge is 2.24. The van der Waals surface area contributed by atoms with E-state index in [1.165, 1.54) is 25.7 Å². The molecule has 7 nitrogen and oxygen atoms in total. The van der Waals surface area contributed by atoms with Gasteiger partial charge in [-0.3, -0.25) is 0 Å². The third-order valence-electron chi connectivity index (χ3n) is 5.28. The van der Waals surface area contributed by atoms with Crippen LogP contribution in [0.2, 0.25) is 0 Å². The zero-order valence-corrected chi connectivity index (χ0v) is 15.3. The van der Waals surface area contributed by atoms with Gasteiger partial charge in [-0.25, -0.2) is 9.59 Å². The topological polar surface area (TPSA) is 93.7 Å². The Labute approximate surface area is 150 Å². The molecule has 2 fully saturated rings. The van der Waals surface area contributed by atoms with Crippen molar-refractivity contribution in [2.45, 2.75) is 63.8 Å². The second-order valence-corrected chi connectivity index (χ2v) is 7.20. The molecule has 1 atom stereocenters. The smallest absolute Gasteiger partial charge is 0.317 e. The van der Waals surface area contributed by atoms with Crippen LogP contribution in [0.15, 0.2) is 0 Å². The van der Waals surface area contributed by atoms with E-state index in [1.807, 2.05) is 0 Å². The Hall–Kier alpha value is -1.50. The van der Waals surface area contributed by atoms with Gasteiger partial charge in [0.1, 0.15) is 0 Å². The normalized spacial score (nSPS) is 20.5. The van der Waals surface area contributed by atoms with Gasteiger partial charge in [-0.2, -0.15) is 0 Å². The van der Waals surface area contributed by atoms with Gasteiger partial charge in [0, 0.05) is 38.8 Å². The number of carbonyl (C=O) groups is 2. The van der Waals surface area contributed by atoms with E-state index in [2.05, 4.69) is 16.0 Å². The maximum Gasteiger partial charge on any atom is 0.317 e. The van der Waals surface area contributed by atoms with Gasteiger partial charge in [0.05, 0.1) is 0 Å². The number of carbonyl (C=O) groups excluding carboxylic acids is 2. The largest absolute Gasteiger partial charge is 0.396 e. The number of nitrogens with one attached hydrogen (secondary N) is 3. The predicted octanol–water partition coefficient (Wildman–Crippen LogP) is 1.81. The summed E-state index contributed by atoms with van der Waals surface area (Å²) in [6.45, 7) is 2.86. The zero-order valence-electron chi connectivity index (χ0n) is 15.3. The van der Waals surface area contributed by atoms with Crippen molar-refractivity contribution in [2.24, 2.45) is 5.92 Å². The monoisotopic (exact) mass is 354 g/mol. The molecule has 0 spiro atoms. The van der Waals surface area contributed by atoms with E-state index in [0.717, 1.165) is 38.8 Å². The van der Waals surface area contributed by atoms with Crippen LogP contribution in [-0.2, 0) is 0 Å². The molecule has 0 aromatic carbocycles. The lowest BCUT2D eigenvalue weighted by Crippen LogP contribution is -2.48. The molecule has 4 amide bonds. The van der Waals surface area contributed by atoms with Crippen LogP contribution in [0.3, 0.4) is 0 Å². The Morgan fingerprint density at radius 3 is 2.68 bits per heavy atom. The van der Waals surface area contributed by atoms with Crippen LogP contribution < -0.4 is 16.0 Å². The summed E-state index contributed by atoms with van der Waals surface area (Å²) in [6, 6.07) is -0.117. The second-order valence-electron chi connectivity index (χ2n) is 7.20.